The molecule has 3 aromatic rings. The molecular formula is C18H17ClN4S. The number of hydrogen-bond donors (Lipinski definition) is 0. The Labute approximate surface area is 150 Å². The predicted molar refractivity (Wildman–Crippen MR) is 99.7 cm³/mol. The number of halogens is 1. The van der Waals surface area contributed by atoms with Gasteiger partial charge in [0.2, 0.25) is 0 Å². The summed E-state index contributed by atoms with van der Waals surface area (Å²) in [5.74, 6) is 1.59. The van der Waals surface area contributed by atoms with Gasteiger partial charge in [-0.1, -0.05) is 17.7 Å². The molecule has 0 radical (unpaired) electrons. The summed E-state index contributed by atoms with van der Waals surface area (Å²) in [7, 11) is 0. The van der Waals surface area contributed by atoms with Gasteiger partial charge in [-0.2, -0.15) is 0 Å². The fourth-order valence-corrected chi connectivity index (χ4v) is 3.77. The van der Waals surface area contributed by atoms with E-state index in [2.05, 4.69) is 26.5 Å². The number of nitrogens with zero attached hydrogens (tertiary/aromatic N) is 4. The van der Waals surface area contributed by atoms with E-state index in [1.54, 1.807) is 11.3 Å². The van der Waals surface area contributed by atoms with Crippen molar-refractivity contribution < 1.29 is 0 Å². The lowest BCUT2D eigenvalue weighted by molar-refractivity contribution is 0.572. The van der Waals surface area contributed by atoms with Gasteiger partial charge in [0.1, 0.15) is 5.69 Å². The third kappa shape index (κ3) is 3.14. The lowest BCUT2D eigenvalue weighted by Crippen LogP contribution is -2.31. The van der Waals surface area contributed by atoms with Crippen LogP contribution in [-0.4, -0.2) is 28.3 Å². The second-order valence-corrected chi connectivity index (χ2v) is 7.22. The van der Waals surface area contributed by atoms with Crippen molar-refractivity contribution >= 4 is 28.8 Å². The first kappa shape index (κ1) is 15.5. The molecule has 0 aliphatic carbocycles. The molecule has 0 saturated carbocycles. The van der Waals surface area contributed by atoms with E-state index in [1.807, 2.05) is 30.3 Å². The first-order valence-corrected chi connectivity index (χ1v) is 9.36. The molecule has 1 aliphatic rings. The largest absolute Gasteiger partial charge is 0.355 e. The van der Waals surface area contributed by atoms with Crippen LogP contribution in [0.15, 0.2) is 41.8 Å². The number of anilines is 1. The van der Waals surface area contributed by atoms with Gasteiger partial charge in [0.05, 0.1) is 4.88 Å². The van der Waals surface area contributed by atoms with Gasteiger partial charge in [0.15, 0.2) is 11.6 Å². The Balaban J connectivity index is 1.79. The van der Waals surface area contributed by atoms with Gasteiger partial charge in [0.25, 0.3) is 0 Å². The van der Waals surface area contributed by atoms with Crippen molar-refractivity contribution in [1.82, 2.24) is 15.2 Å². The lowest BCUT2D eigenvalue weighted by Gasteiger charge is -2.28. The van der Waals surface area contributed by atoms with Crippen LogP contribution < -0.4 is 4.90 Å². The van der Waals surface area contributed by atoms with Crippen molar-refractivity contribution in [2.45, 2.75) is 19.3 Å². The maximum atomic E-state index is 5.98. The highest BCUT2D eigenvalue weighted by atomic mass is 35.5. The Morgan fingerprint density at radius 3 is 2.46 bits per heavy atom. The van der Waals surface area contributed by atoms with Crippen LogP contribution in [0.1, 0.15) is 19.3 Å². The van der Waals surface area contributed by atoms with Crippen molar-refractivity contribution in [2.24, 2.45) is 0 Å². The first-order chi connectivity index (χ1) is 11.8. The summed E-state index contributed by atoms with van der Waals surface area (Å²) in [6.07, 6.45) is 3.68. The number of rotatable bonds is 3. The monoisotopic (exact) mass is 356 g/mol. The quantitative estimate of drug-likeness (QED) is 0.668. The van der Waals surface area contributed by atoms with Crippen LogP contribution in [0, 0.1) is 0 Å². The van der Waals surface area contributed by atoms with E-state index in [-0.39, 0.29) is 0 Å². The average molecular weight is 357 g/mol. The summed E-state index contributed by atoms with van der Waals surface area (Å²) in [5.41, 5.74) is 1.81. The molecule has 1 saturated heterocycles. The minimum absolute atomic E-state index is 0.646. The number of hydrogen-bond acceptors (Lipinski definition) is 5. The van der Waals surface area contributed by atoms with Gasteiger partial charge in [-0.05, 0) is 55.0 Å². The molecule has 1 fully saturated rings. The predicted octanol–water partition coefficient (Wildman–Crippen LogP) is 4.91. The Morgan fingerprint density at radius 2 is 1.75 bits per heavy atom. The van der Waals surface area contributed by atoms with Crippen LogP contribution in [0.3, 0.4) is 0 Å². The molecule has 6 heteroatoms. The Kier molecular flexibility index (Phi) is 4.45. The standard InChI is InChI=1S/C18H17ClN4S/c19-14-8-6-13(7-9-14)17-20-18(23-10-2-1-3-11-23)16(21-22-17)15-5-4-12-24-15/h4-9,12H,1-3,10-11H2. The highest BCUT2D eigenvalue weighted by molar-refractivity contribution is 7.13. The molecule has 0 unspecified atom stereocenters. The molecule has 1 aromatic carbocycles. The van der Waals surface area contributed by atoms with Crippen molar-refractivity contribution in [3.8, 4) is 22.0 Å². The number of aromatic nitrogens is 3. The van der Waals surface area contributed by atoms with E-state index in [4.69, 9.17) is 16.6 Å². The zero-order chi connectivity index (χ0) is 16.4. The normalized spacial score (nSPS) is 14.8. The average Bonchev–Trinajstić information content (AvgIpc) is 3.17. The van der Waals surface area contributed by atoms with E-state index in [0.717, 1.165) is 35.0 Å². The molecule has 4 rings (SSSR count). The van der Waals surface area contributed by atoms with Crippen molar-refractivity contribution in [2.75, 3.05) is 18.0 Å². The molecule has 0 amide bonds. The van der Waals surface area contributed by atoms with Crippen molar-refractivity contribution in [3.63, 3.8) is 0 Å². The van der Waals surface area contributed by atoms with Crippen LogP contribution in [0.5, 0.6) is 0 Å². The Bertz CT molecular complexity index is 812. The number of benzene rings is 1. The molecule has 122 valence electrons. The Morgan fingerprint density at radius 1 is 0.958 bits per heavy atom. The van der Waals surface area contributed by atoms with Gasteiger partial charge in [-0.3, -0.25) is 0 Å². The minimum atomic E-state index is 0.646. The summed E-state index contributed by atoms with van der Waals surface area (Å²) < 4.78 is 0. The van der Waals surface area contributed by atoms with Crippen LogP contribution in [0.4, 0.5) is 5.82 Å². The van der Waals surface area contributed by atoms with E-state index in [1.165, 1.54) is 19.3 Å². The summed E-state index contributed by atoms with van der Waals surface area (Å²) in [6.45, 7) is 2.05. The second-order valence-electron chi connectivity index (χ2n) is 5.84. The molecule has 4 nitrogen and oxygen atoms in total. The van der Waals surface area contributed by atoms with Crippen molar-refractivity contribution in [3.05, 3.63) is 46.8 Å². The second kappa shape index (κ2) is 6.87. The van der Waals surface area contributed by atoms with E-state index < -0.39 is 0 Å². The lowest BCUT2D eigenvalue weighted by atomic mass is 10.1. The van der Waals surface area contributed by atoms with Gasteiger partial charge in [-0.25, -0.2) is 4.98 Å². The molecule has 0 bridgehead atoms. The third-order valence-electron chi connectivity index (χ3n) is 4.18. The molecule has 24 heavy (non-hydrogen) atoms. The molecule has 0 spiro atoms. The fourth-order valence-electron chi connectivity index (χ4n) is 2.94. The van der Waals surface area contributed by atoms with E-state index >= 15 is 0 Å². The van der Waals surface area contributed by atoms with Gasteiger partial charge in [0, 0.05) is 23.7 Å². The Hall–Kier alpha value is -1.98. The molecule has 0 N–H and O–H groups in total. The molecule has 1 aliphatic heterocycles. The van der Waals surface area contributed by atoms with Crippen LogP contribution in [0.2, 0.25) is 5.02 Å². The van der Waals surface area contributed by atoms with Crippen LogP contribution in [0.25, 0.3) is 22.0 Å². The molecule has 0 atom stereocenters. The summed E-state index contributed by atoms with van der Waals surface area (Å²) in [5, 5.41) is 11.7. The molecular weight excluding hydrogens is 340 g/mol. The van der Waals surface area contributed by atoms with Gasteiger partial charge in [-0.15, -0.1) is 21.5 Å². The summed E-state index contributed by atoms with van der Waals surface area (Å²) in [6, 6.07) is 11.7. The summed E-state index contributed by atoms with van der Waals surface area (Å²) >= 11 is 7.65. The van der Waals surface area contributed by atoms with Crippen LogP contribution in [-0.2, 0) is 0 Å². The van der Waals surface area contributed by atoms with Gasteiger partial charge >= 0.3 is 0 Å². The SMILES string of the molecule is Clc1ccc(-c2nnc(-c3cccs3)c(N3CCCCC3)n2)cc1. The molecule has 2 aromatic heterocycles. The topological polar surface area (TPSA) is 41.9 Å². The van der Waals surface area contributed by atoms with E-state index in [9.17, 15) is 0 Å². The highest BCUT2D eigenvalue weighted by Crippen LogP contribution is 2.33. The number of piperidine rings is 1. The van der Waals surface area contributed by atoms with Crippen LogP contribution >= 0.6 is 22.9 Å². The highest BCUT2D eigenvalue weighted by Gasteiger charge is 2.20. The smallest absolute Gasteiger partial charge is 0.183 e. The van der Waals surface area contributed by atoms with Gasteiger partial charge < -0.3 is 4.90 Å². The zero-order valence-corrected chi connectivity index (χ0v) is 14.7. The summed E-state index contributed by atoms with van der Waals surface area (Å²) in [4.78, 5) is 8.32. The molecule has 3 heterocycles. The minimum Gasteiger partial charge on any atom is -0.355 e. The fraction of sp³-hybridized carbons (Fsp3) is 0.278. The maximum Gasteiger partial charge on any atom is 0.183 e. The first-order valence-electron chi connectivity index (χ1n) is 8.11. The number of thiophene rings is 1. The van der Waals surface area contributed by atoms with E-state index in [0.29, 0.717) is 10.8 Å². The zero-order valence-electron chi connectivity index (χ0n) is 13.2. The third-order valence-corrected chi connectivity index (χ3v) is 5.31. The van der Waals surface area contributed by atoms with Crippen molar-refractivity contribution in [1.29, 1.82) is 0 Å². The maximum absolute atomic E-state index is 5.98.